The van der Waals surface area contributed by atoms with E-state index >= 15 is 0 Å². The lowest BCUT2D eigenvalue weighted by atomic mass is 10.3. The van der Waals surface area contributed by atoms with Gasteiger partial charge in [-0.3, -0.25) is 4.79 Å². The molecule has 0 fully saturated rings. The number of amides is 1. The van der Waals surface area contributed by atoms with Crippen LogP contribution < -0.4 is 4.42 Å². The molecule has 0 saturated carbocycles. The van der Waals surface area contributed by atoms with Gasteiger partial charge in [0.25, 0.3) is 0 Å². The highest BCUT2D eigenvalue weighted by Gasteiger charge is 2.07. The summed E-state index contributed by atoms with van der Waals surface area (Å²) >= 11 is 11.3. The fourth-order valence-corrected chi connectivity index (χ4v) is 1.07. The van der Waals surface area contributed by atoms with Crippen molar-refractivity contribution in [1.29, 1.82) is 0 Å². The number of benzene rings is 1. The van der Waals surface area contributed by atoms with Crippen molar-refractivity contribution >= 4 is 35.0 Å². The minimum Gasteiger partial charge on any atom is -0.274 e. The highest BCUT2D eigenvalue weighted by molar-refractivity contribution is 6.37. The van der Waals surface area contributed by atoms with Crippen LogP contribution in [-0.2, 0) is 4.79 Å². The molecule has 12 heavy (non-hydrogen) atoms. The van der Waals surface area contributed by atoms with Crippen LogP contribution in [0.1, 0.15) is 6.92 Å². The summed E-state index contributed by atoms with van der Waals surface area (Å²) < 4.78 is 1.02. The number of nitrogens with zero attached hydrogens (tertiary/aromatic N) is 1. The monoisotopic (exact) mass is 203 g/mol. The molecule has 0 bridgehead atoms. The van der Waals surface area contributed by atoms with Gasteiger partial charge in [-0.15, -0.1) is 0 Å². The maximum absolute atomic E-state index is 10.8. The molecule has 0 radical (unpaired) electrons. The van der Waals surface area contributed by atoms with E-state index in [1.165, 1.54) is 6.92 Å². The van der Waals surface area contributed by atoms with Crippen LogP contribution in [0.25, 0.3) is 0 Å². The van der Waals surface area contributed by atoms with Crippen LogP contribution in [0.5, 0.6) is 0 Å². The Kier molecular flexibility index (Phi) is 2.95. The van der Waals surface area contributed by atoms with Gasteiger partial charge in [-0.1, -0.05) is 17.7 Å². The average molecular weight is 204 g/mol. The van der Waals surface area contributed by atoms with E-state index in [1.54, 1.807) is 24.3 Å². The number of rotatable bonds is 1. The van der Waals surface area contributed by atoms with Gasteiger partial charge in [0.05, 0.1) is 5.69 Å². The third kappa shape index (κ3) is 2.13. The van der Waals surface area contributed by atoms with E-state index in [4.69, 9.17) is 23.4 Å². The summed E-state index contributed by atoms with van der Waals surface area (Å²) in [5.41, 5.74) is 0.580. The molecular weight excluding hydrogens is 197 g/mol. The van der Waals surface area contributed by atoms with Gasteiger partial charge in [0.15, 0.2) is 0 Å². The van der Waals surface area contributed by atoms with E-state index in [-0.39, 0.29) is 5.91 Å². The number of hydrogen-bond donors (Lipinski definition) is 0. The van der Waals surface area contributed by atoms with Crippen molar-refractivity contribution in [3.63, 3.8) is 0 Å². The molecule has 1 aromatic carbocycles. The second-order valence-corrected chi connectivity index (χ2v) is 3.05. The van der Waals surface area contributed by atoms with Crippen molar-refractivity contribution < 1.29 is 4.79 Å². The van der Waals surface area contributed by atoms with Crippen LogP contribution >= 0.6 is 23.4 Å². The molecular formula is C8H7Cl2NO. The zero-order chi connectivity index (χ0) is 9.14. The minimum atomic E-state index is -0.237. The number of halogens is 2. The molecule has 1 aromatic rings. The topological polar surface area (TPSA) is 20.3 Å². The zero-order valence-electron chi connectivity index (χ0n) is 6.42. The summed E-state index contributed by atoms with van der Waals surface area (Å²) in [5.74, 6) is -0.237. The maximum Gasteiger partial charge on any atom is 0.238 e. The number of hydrogen-bond acceptors (Lipinski definition) is 1. The second-order valence-electron chi connectivity index (χ2n) is 2.28. The van der Waals surface area contributed by atoms with Crippen molar-refractivity contribution in [2.75, 3.05) is 4.42 Å². The molecule has 0 N–H and O–H groups in total. The largest absolute Gasteiger partial charge is 0.274 e. The fraction of sp³-hybridized carbons (Fsp3) is 0.125. The highest BCUT2D eigenvalue weighted by atomic mass is 35.5. The molecule has 64 valence electrons. The van der Waals surface area contributed by atoms with Gasteiger partial charge < -0.3 is 0 Å². The fourth-order valence-electron chi connectivity index (χ4n) is 0.780. The van der Waals surface area contributed by atoms with E-state index in [2.05, 4.69) is 0 Å². The molecule has 4 heteroatoms. The molecule has 0 saturated heterocycles. The first-order chi connectivity index (χ1) is 5.61. The first-order valence-electron chi connectivity index (χ1n) is 3.33. The number of anilines is 1. The van der Waals surface area contributed by atoms with Gasteiger partial charge >= 0.3 is 0 Å². The Morgan fingerprint density at radius 3 is 2.67 bits per heavy atom. The Labute approximate surface area is 80.8 Å². The van der Waals surface area contributed by atoms with Crippen LogP contribution in [-0.4, -0.2) is 5.91 Å². The number of carbonyl (C=O) groups is 1. The molecule has 2 nitrogen and oxygen atoms in total. The number of carbonyl (C=O) groups excluding carboxylic acids is 1. The first kappa shape index (κ1) is 9.36. The molecule has 0 spiro atoms. The molecule has 0 aliphatic heterocycles. The Bertz CT molecular complexity index is 301. The summed E-state index contributed by atoms with van der Waals surface area (Å²) in [4.78, 5) is 10.8. The maximum atomic E-state index is 10.8. The molecule has 0 aliphatic carbocycles. The first-order valence-corrected chi connectivity index (χ1v) is 4.05. The van der Waals surface area contributed by atoms with Crippen LogP contribution in [0.4, 0.5) is 5.69 Å². The predicted molar refractivity (Wildman–Crippen MR) is 50.5 cm³/mol. The van der Waals surface area contributed by atoms with Crippen LogP contribution in [0, 0.1) is 0 Å². The van der Waals surface area contributed by atoms with E-state index in [0.29, 0.717) is 10.7 Å². The summed E-state index contributed by atoms with van der Waals surface area (Å²) in [6.07, 6.45) is 0. The van der Waals surface area contributed by atoms with Gasteiger partial charge in [0, 0.05) is 23.7 Å². The highest BCUT2D eigenvalue weighted by Crippen LogP contribution is 2.20. The van der Waals surface area contributed by atoms with Gasteiger partial charge in [-0.2, -0.15) is 0 Å². The lowest BCUT2D eigenvalue weighted by molar-refractivity contribution is -0.115. The minimum absolute atomic E-state index is 0.237. The summed E-state index contributed by atoms with van der Waals surface area (Å²) in [5, 5.41) is 0.555. The van der Waals surface area contributed by atoms with E-state index in [9.17, 15) is 4.79 Å². The van der Waals surface area contributed by atoms with Crippen molar-refractivity contribution in [1.82, 2.24) is 0 Å². The smallest absolute Gasteiger partial charge is 0.238 e. The summed E-state index contributed by atoms with van der Waals surface area (Å²) in [6.45, 7) is 1.38. The van der Waals surface area contributed by atoms with Gasteiger partial charge in [0.1, 0.15) is 0 Å². The quantitative estimate of drug-likeness (QED) is 0.644. The summed E-state index contributed by atoms with van der Waals surface area (Å²) in [6, 6.07) is 6.78. The van der Waals surface area contributed by atoms with Crippen molar-refractivity contribution in [2.45, 2.75) is 6.92 Å². The van der Waals surface area contributed by atoms with Gasteiger partial charge in [-0.05, 0) is 18.2 Å². The lowest BCUT2D eigenvalue weighted by Crippen LogP contribution is -2.16. The Balaban J connectivity index is 2.95. The van der Waals surface area contributed by atoms with Crippen LogP contribution in [0.2, 0.25) is 5.02 Å². The van der Waals surface area contributed by atoms with Crippen molar-refractivity contribution in [3.8, 4) is 0 Å². The average Bonchev–Trinajstić information content (AvgIpc) is 2.03. The molecule has 0 heterocycles. The molecule has 1 rings (SSSR count). The van der Waals surface area contributed by atoms with Crippen LogP contribution in [0.3, 0.4) is 0 Å². The molecule has 0 atom stereocenters. The van der Waals surface area contributed by atoms with Crippen LogP contribution in [0.15, 0.2) is 24.3 Å². The van der Waals surface area contributed by atoms with E-state index in [0.717, 1.165) is 4.42 Å². The molecule has 0 aliphatic rings. The lowest BCUT2D eigenvalue weighted by Gasteiger charge is -2.10. The third-order valence-corrected chi connectivity index (χ3v) is 1.98. The molecule has 0 unspecified atom stereocenters. The Hall–Kier alpha value is -0.730. The zero-order valence-corrected chi connectivity index (χ0v) is 7.93. The molecule has 0 aromatic heterocycles. The summed E-state index contributed by atoms with van der Waals surface area (Å²) in [7, 11) is 0. The van der Waals surface area contributed by atoms with Crippen molar-refractivity contribution in [2.24, 2.45) is 0 Å². The van der Waals surface area contributed by atoms with E-state index in [1.807, 2.05) is 0 Å². The molecule has 1 amide bonds. The standard InChI is InChI=1S/C8H7Cl2NO/c1-6(12)11(10)8-4-2-3-7(9)5-8/h2-5H,1H3. The SMILES string of the molecule is CC(=O)N(Cl)c1cccc(Cl)c1. The van der Waals surface area contributed by atoms with Gasteiger partial charge in [0.2, 0.25) is 5.91 Å². The van der Waals surface area contributed by atoms with E-state index < -0.39 is 0 Å². The van der Waals surface area contributed by atoms with Crippen molar-refractivity contribution in [3.05, 3.63) is 29.3 Å². The third-order valence-electron chi connectivity index (χ3n) is 1.31. The Morgan fingerprint density at radius 1 is 1.50 bits per heavy atom. The second kappa shape index (κ2) is 3.78. The predicted octanol–water partition coefficient (Wildman–Crippen LogP) is 2.85. The van der Waals surface area contributed by atoms with Gasteiger partial charge in [-0.25, -0.2) is 4.42 Å². The normalized spacial score (nSPS) is 9.58. The Morgan fingerprint density at radius 2 is 2.17 bits per heavy atom.